The Bertz CT molecular complexity index is 479. The summed E-state index contributed by atoms with van der Waals surface area (Å²) in [5, 5.41) is 1.03. The molecule has 0 radical (unpaired) electrons. The predicted molar refractivity (Wildman–Crippen MR) is 73.3 cm³/mol. The molecule has 90 valence electrons. The molecule has 1 heterocycles. The second-order valence-electron chi connectivity index (χ2n) is 4.05. The minimum atomic E-state index is 0.572. The SMILES string of the molecule is Cc1nc(N(C)Cc2ccccc2)sc1CN. The van der Waals surface area contributed by atoms with Crippen molar-refractivity contribution in [1.82, 2.24) is 4.98 Å². The van der Waals surface area contributed by atoms with Crippen LogP contribution < -0.4 is 10.6 Å². The van der Waals surface area contributed by atoms with Crippen molar-refractivity contribution in [2.75, 3.05) is 11.9 Å². The third-order valence-electron chi connectivity index (χ3n) is 2.66. The first kappa shape index (κ1) is 12.1. The molecule has 0 saturated heterocycles. The largest absolute Gasteiger partial charge is 0.347 e. The molecule has 1 aromatic carbocycles. The van der Waals surface area contributed by atoms with Crippen LogP contribution in [0.15, 0.2) is 30.3 Å². The summed E-state index contributed by atoms with van der Waals surface area (Å²) in [6, 6.07) is 10.4. The molecule has 0 spiro atoms. The summed E-state index contributed by atoms with van der Waals surface area (Å²) in [5.41, 5.74) is 8.01. The van der Waals surface area contributed by atoms with Gasteiger partial charge in [-0.05, 0) is 12.5 Å². The van der Waals surface area contributed by atoms with E-state index in [2.05, 4.69) is 41.2 Å². The van der Waals surface area contributed by atoms with E-state index in [0.717, 1.165) is 17.4 Å². The first-order valence-corrected chi connectivity index (χ1v) is 6.44. The summed E-state index contributed by atoms with van der Waals surface area (Å²) < 4.78 is 0. The van der Waals surface area contributed by atoms with Crippen molar-refractivity contribution in [3.8, 4) is 0 Å². The Morgan fingerprint density at radius 2 is 2.00 bits per heavy atom. The number of aromatic nitrogens is 1. The Morgan fingerprint density at radius 3 is 2.59 bits per heavy atom. The number of aryl methyl sites for hydroxylation is 1. The number of hydrogen-bond acceptors (Lipinski definition) is 4. The zero-order chi connectivity index (χ0) is 12.3. The lowest BCUT2D eigenvalue weighted by Crippen LogP contribution is -2.15. The van der Waals surface area contributed by atoms with Gasteiger partial charge in [-0.25, -0.2) is 4.98 Å². The maximum Gasteiger partial charge on any atom is 0.185 e. The highest BCUT2D eigenvalue weighted by atomic mass is 32.1. The van der Waals surface area contributed by atoms with Crippen LogP contribution in [0.2, 0.25) is 0 Å². The Balaban J connectivity index is 2.12. The second-order valence-corrected chi connectivity index (χ2v) is 5.11. The molecule has 2 N–H and O–H groups in total. The van der Waals surface area contributed by atoms with Gasteiger partial charge in [0.2, 0.25) is 0 Å². The molecule has 0 fully saturated rings. The van der Waals surface area contributed by atoms with Crippen LogP contribution in [-0.2, 0) is 13.1 Å². The third-order valence-corrected chi connectivity index (χ3v) is 3.95. The fraction of sp³-hybridized carbons (Fsp3) is 0.308. The molecule has 2 rings (SSSR count). The molecule has 2 aromatic rings. The highest BCUT2D eigenvalue weighted by Gasteiger charge is 2.10. The maximum atomic E-state index is 5.67. The smallest absolute Gasteiger partial charge is 0.185 e. The van der Waals surface area contributed by atoms with E-state index in [1.165, 1.54) is 10.4 Å². The summed E-state index contributed by atoms with van der Waals surface area (Å²) >= 11 is 1.68. The molecular formula is C13H17N3S. The fourth-order valence-electron chi connectivity index (χ4n) is 1.69. The van der Waals surface area contributed by atoms with Crippen molar-refractivity contribution in [3.05, 3.63) is 46.5 Å². The molecule has 0 aliphatic carbocycles. The predicted octanol–water partition coefficient (Wildman–Crippen LogP) is 2.55. The van der Waals surface area contributed by atoms with Crippen molar-refractivity contribution in [2.45, 2.75) is 20.0 Å². The number of anilines is 1. The van der Waals surface area contributed by atoms with Crippen LogP contribution in [0.25, 0.3) is 0 Å². The Hall–Kier alpha value is -1.39. The molecule has 0 atom stereocenters. The van der Waals surface area contributed by atoms with E-state index >= 15 is 0 Å². The molecule has 0 saturated carbocycles. The molecule has 0 aliphatic rings. The van der Waals surface area contributed by atoms with E-state index in [9.17, 15) is 0 Å². The number of thiazole rings is 1. The highest BCUT2D eigenvalue weighted by Crippen LogP contribution is 2.25. The van der Waals surface area contributed by atoms with Crippen molar-refractivity contribution in [3.63, 3.8) is 0 Å². The Kier molecular flexibility index (Phi) is 3.76. The van der Waals surface area contributed by atoms with Crippen LogP contribution in [-0.4, -0.2) is 12.0 Å². The van der Waals surface area contributed by atoms with Gasteiger partial charge in [0.1, 0.15) is 0 Å². The molecule has 0 aliphatic heterocycles. The minimum Gasteiger partial charge on any atom is -0.347 e. The summed E-state index contributed by atoms with van der Waals surface area (Å²) in [6.45, 7) is 3.46. The van der Waals surface area contributed by atoms with Gasteiger partial charge in [0.25, 0.3) is 0 Å². The molecule has 0 amide bonds. The van der Waals surface area contributed by atoms with Gasteiger partial charge >= 0.3 is 0 Å². The first-order valence-electron chi connectivity index (χ1n) is 5.62. The quantitative estimate of drug-likeness (QED) is 0.903. The van der Waals surface area contributed by atoms with E-state index in [1.807, 2.05) is 13.0 Å². The van der Waals surface area contributed by atoms with Gasteiger partial charge in [0, 0.05) is 25.0 Å². The zero-order valence-corrected chi connectivity index (χ0v) is 11.0. The van der Waals surface area contributed by atoms with Crippen LogP contribution in [0.5, 0.6) is 0 Å². The van der Waals surface area contributed by atoms with Crippen molar-refractivity contribution >= 4 is 16.5 Å². The van der Waals surface area contributed by atoms with Crippen molar-refractivity contribution < 1.29 is 0 Å². The standard InChI is InChI=1S/C13H17N3S/c1-10-12(8-14)17-13(15-10)16(2)9-11-6-4-3-5-7-11/h3-7H,8-9,14H2,1-2H3. The molecular weight excluding hydrogens is 230 g/mol. The lowest BCUT2D eigenvalue weighted by atomic mass is 10.2. The lowest BCUT2D eigenvalue weighted by molar-refractivity contribution is 0.910. The van der Waals surface area contributed by atoms with Gasteiger partial charge < -0.3 is 10.6 Å². The normalized spacial score (nSPS) is 10.5. The second kappa shape index (κ2) is 5.29. The summed E-state index contributed by atoms with van der Waals surface area (Å²) in [5.74, 6) is 0. The topological polar surface area (TPSA) is 42.2 Å². The van der Waals surface area contributed by atoms with Gasteiger partial charge in [-0.15, -0.1) is 11.3 Å². The van der Waals surface area contributed by atoms with E-state index < -0.39 is 0 Å². The average Bonchev–Trinajstić information content (AvgIpc) is 2.72. The fourth-order valence-corrected chi connectivity index (χ4v) is 2.59. The number of benzene rings is 1. The van der Waals surface area contributed by atoms with E-state index in [0.29, 0.717) is 6.54 Å². The molecule has 17 heavy (non-hydrogen) atoms. The monoisotopic (exact) mass is 247 g/mol. The first-order chi connectivity index (χ1) is 8.20. The zero-order valence-electron chi connectivity index (χ0n) is 10.2. The van der Waals surface area contributed by atoms with E-state index in [4.69, 9.17) is 5.73 Å². The Labute approximate surface area is 106 Å². The van der Waals surface area contributed by atoms with E-state index in [1.54, 1.807) is 11.3 Å². The number of nitrogens with zero attached hydrogens (tertiary/aromatic N) is 2. The van der Waals surface area contributed by atoms with Crippen LogP contribution in [0.3, 0.4) is 0 Å². The molecule has 4 heteroatoms. The number of nitrogens with two attached hydrogens (primary N) is 1. The lowest BCUT2D eigenvalue weighted by Gasteiger charge is -2.15. The van der Waals surface area contributed by atoms with Crippen molar-refractivity contribution in [1.29, 1.82) is 0 Å². The van der Waals surface area contributed by atoms with Crippen LogP contribution in [0.4, 0.5) is 5.13 Å². The van der Waals surface area contributed by atoms with Gasteiger partial charge in [0.15, 0.2) is 5.13 Å². The highest BCUT2D eigenvalue weighted by molar-refractivity contribution is 7.15. The Morgan fingerprint density at radius 1 is 1.29 bits per heavy atom. The molecule has 3 nitrogen and oxygen atoms in total. The van der Waals surface area contributed by atoms with Crippen molar-refractivity contribution in [2.24, 2.45) is 5.73 Å². The van der Waals surface area contributed by atoms with Crippen LogP contribution in [0.1, 0.15) is 16.1 Å². The third kappa shape index (κ3) is 2.84. The molecule has 0 unspecified atom stereocenters. The van der Waals surface area contributed by atoms with Crippen LogP contribution in [0, 0.1) is 6.92 Å². The summed E-state index contributed by atoms with van der Waals surface area (Å²) in [6.07, 6.45) is 0. The molecule has 1 aromatic heterocycles. The summed E-state index contributed by atoms with van der Waals surface area (Å²) in [7, 11) is 2.06. The summed E-state index contributed by atoms with van der Waals surface area (Å²) in [4.78, 5) is 7.87. The number of hydrogen-bond donors (Lipinski definition) is 1. The van der Waals surface area contributed by atoms with E-state index in [-0.39, 0.29) is 0 Å². The van der Waals surface area contributed by atoms with Crippen LogP contribution >= 0.6 is 11.3 Å². The van der Waals surface area contributed by atoms with Gasteiger partial charge in [-0.3, -0.25) is 0 Å². The van der Waals surface area contributed by atoms with Gasteiger partial charge in [0.05, 0.1) is 5.69 Å². The van der Waals surface area contributed by atoms with Gasteiger partial charge in [-0.1, -0.05) is 30.3 Å². The maximum absolute atomic E-state index is 5.67. The molecule has 0 bridgehead atoms. The number of rotatable bonds is 4. The minimum absolute atomic E-state index is 0.572. The van der Waals surface area contributed by atoms with Gasteiger partial charge in [-0.2, -0.15) is 0 Å². The average molecular weight is 247 g/mol.